The summed E-state index contributed by atoms with van der Waals surface area (Å²) < 4.78 is 0.909. The number of aliphatic carboxylic acids is 1. The monoisotopic (exact) mass is 297 g/mol. The van der Waals surface area contributed by atoms with Crippen LogP contribution < -0.4 is 5.32 Å². The molecule has 5 heteroatoms. The highest BCUT2D eigenvalue weighted by Crippen LogP contribution is 2.42. The van der Waals surface area contributed by atoms with E-state index in [4.69, 9.17) is 5.11 Å². The molecule has 0 unspecified atom stereocenters. The molecule has 0 atom stereocenters. The third kappa shape index (κ3) is 2.20. The van der Waals surface area contributed by atoms with Crippen molar-refractivity contribution in [1.82, 2.24) is 0 Å². The molecule has 2 N–H and O–H groups in total. The number of carbonyl (C=O) groups is 2. The van der Waals surface area contributed by atoms with Crippen molar-refractivity contribution in [1.29, 1.82) is 0 Å². The summed E-state index contributed by atoms with van der Waals surface area (Å²) in [5.41, 5.74) is -0.599. The summed E-state index contributed by atoms with van der Waals surface area (Å²) in [5, 5.41) is 11.8. The van der Waals surface area contributed by atoms with Gasteiger partial charge in [0.15, 0.2) is 0 Å². The first-order valence-corrected chi connectivity index (χ1v) is 6.14. The van der Waals surface area contributed by atoms with Gasteiger partial charge in [-0.25, -0.2) is 0 Å². The lowest BCUT2D eigenvalue weighted by atomic mass is 9.68. The van der Waals surface area contributed by atoms with Gasteiger partial charge in [-0.2, -0.15) is 0 Å². The zero-order chi connectivity index (χ0) is 12.5. The second-order valence-corrected chi connectivity index (χ2v) is 5.12. The second-order valence-electron chi connectivity index (χ2n) is 4.20. The average molecular weight is 298 g/mol. The molecule has 1 saturated carbocycles. The molecule has 0 heterocycles. The minimum Gasteiger partial charge on any atom is -0.480 e. The predicted molar refractivity (Wildman–Crippen MR) is 66.7 cm³/mol. The maximum atomic E-state index is 11.9. The first-order valence-electron chi connectivity index (χ1n) is 5.35. The number of hydrogen-bond donors (Lipinski definition) is 2. The fourth-order valence-corrected chi connectivity index (χ4v) is 2.12. The van der Waals surface area contributed by atoms with Crippen molar-refractivity contribution >= 4 is 33.5 Å². The number of anilines is 1. The molecule has 90 valence electrons. The molecule has 1 amide bonds. The quantitative estimate of drug-likeness (QED) is 0.843. The zero-order valence-corrected chi connectivity index (χ0v) is 10.7. The Balaban J connectivity index is 2.11. The first-order chi connectivity index (χ1) is 8.04. The summed E-state index contributed by atoms with van der Waals surface area (Å²) in [6.45, 7) is 0. The van der Waals surface area contributed by atoms with Gasteiger partial charge in [-0.3, -0.25) is 9.59 Å². The molecule has 0 bridgehead atoms. The van der Waals surface area contributed by atoms with Crippen LogP contribution in [0, 0.1) is 5.41 Å². The van der Waals surface area contributed by atoms with Crippen LogP contribution in [0.5, 0.6) is 0 Å². The van der Waals surface area contributed by atoms with Gasteiger partial charge in [-0.15, -0.1) is 0 Å². The van der Waals surface area contributed by atoms with E-state index < -0.39 is 17.3 Å². The maximum absolute atomic E-state index is 11.9. The third-order valence-corrected chi connectivity index (χ3v) is 3.68. The second kappa shape index (κ2) is 4.49. The molecule has 0 saturated heterocycles. The van der Waals surface area contributed by atoms with E-state index in [2.05, 4.69) is 21.2 Å². The molecule has 1 fully saturated rings. The average Bonchev–Trinajstić information content (AvgIpc) is 2.19. The van der Waals surface area contributed by atoms with Crippen molar-refractivity contribution in [3.05, 3.63) is 28.7 Å². The van der Waals surface area contributed by atoms with Gasteiger partial charge in [0.1, 0.15) is 5.41 Å². The Bertz CT molecular complexity index is 451. The predicted octanol–water partition coefficient (Wildman–Crippen LogP) is 2.64. The number of hydrogen-bond acceptors (Lipinski definition) is 2. The molecule has 4 nitrogen and oxygen atoms in total. The van der Waals surface area contributed by atoms with Crippen LogP contribution in [-0.4, -0.2) is 17.0 Å². The van der Waals surface area contributed by atoms with E-state index in [-0.39, 0.29) is 0 Å². The Hall–Kier alpha value is -1.36. The SMILES string of the molecule is O=C(O)C1(C(=O)Nc2ccc(Br)cc2)CCC1. The van der Waals surface area contributed by atoms with Gasteiger partial charge in [-0.1, -0.05) is 22.4 Å². The van der Waals surface area contributed by atoms with E-state index in [9.17, 15) is 9.59 Å². The Morgan fingerprint density at radius 1 is 1.24 bits per heavy atom. The van der Waals surface area contributed by atoms with Gasteiger partial charge < -0.3 is 10.4 Å². The van der Waals surface area contributed by atoms with E-state index in [1.54, 1.807) is 24.3 Å². The molecule has 1 aliphatic rings. The van der Waals surface area contributed by atoms with Crippen molar-refractivity contribution < 1.29 is 14.7 Å². The summed E-state index contributed by atoms with van der Waals surface area (Å²) in [7, 11) is 0. The minimum atomic E-state index is -1.22. The van der Waals surface area contributed by atoms with Gasteiger partial charge in [0.25, 0.3) is 0 Å². The number of rotatable bonds is 3. The van der Waals surface area contributed by atoms with Gasteiger partial charge in [0.05, 0.1) is 0 Å². The minimum absolute atomic E-state index is 0.418. The number of halogens is 1. The molecule has 1 aromatic carbocycles. The van der Waals surface area contributed by atoms with E-state index >= 15 is 0 Å². The molecule has 0 radical (unpaired) electrons. The number of amides is 1. The van der Waals surface area contributed by atoms with E-state index in [0.717, 1.165) is 10.9 Å². The first kappa shape index (κ1) is 12.1. The van der Waals surface area contributed by atoms with Crippen LogP contribution in [0.4, 0.5) is 5.69 Å². The highest BCUT2D eigenvalue weighted by molar-refractivity contribution is 9.10. The standard InChI is InChI=1S/C12H12BrNO3/c13-8-2-4-9(5-3-8)14-10(15)12(11(16)17)6-1-7-12/h2-5H,1,6-7H2,(H,14,15)(H,16,17). The Kier molecular flexibility index (Phi) is 3.19. The van der Waals surface area contributed by atoms with E-state index in [1.165, 1.54) is 0 Å². The zero-order valence-electron chi connectivity index (χ0n) is 9.07. The molecule has 0 aromatic heterocycles. The number of carboxylic acids is 1. The molecule has 1 aliphatic carbocycles. The number of carbonyl (C=O) groups excluding carboxylic acids is 1. The lowest BCUT2D eigenvalue weighted by molar-refractivity contribution is -0.159. The summed E-state index contributed by atoms with van der Waals surface area (Å²) in [6, 6.07) is 7.06. The number of nitrogens with one attached hydrogen (secondary N) is 1. The Morgan fingerprint density at radius 2 is 1.82 bits per heavy atom. The van der Waals surface area contributed by atoms with E-state index in [0.29, 0.717) is 18.5 Å². The van der Waals surface area contributed by atoms with Crippen molar-refractivity contribution in [2.24, 2.45) is 5.41 Å². The van der Waals surface area contributed by atoms with Crippen LogP contribution in [0.1, 0.15) is 19.3 Å². The van der Waals surface area contributed by atoms with Gasteiger partial charge in [-0.05, 0) is 37.1 Å². The Morgan fingerprint density at radius 3 is 2.24 bits per heavy atom. The van der Waals surface area contributed by atoms with Crippen LogP contribution in [0.2, 0.25) is 0 Å². The van der Waals surface area contributed by atoms with Crippen LogP contribution in [0.15, 0.2) is 28.7 Å². The van der Waals surface area contributed by atoms with Gasteiger partial charge in [0.2, 0.25) is 5.91 Å². The molecular formula is C12H12BrNO3. The van der Waals surface area contributed by atoms with Crippen LogP contribution >= 0.6 is 15.9 Å². The van der Waals surface area contributed by atoms with Crippen molar-refractivity contribution in [3.63, 3.8) is 0 Å². The van der Waals surface area contributed by atoms with Gasteiger partial charge in [0, 0.05) is 10.2 Å². The molecular weight excluding hydrogens is 286 g/mol. The van der Waals surface area contributed by atoms with Crippen molar-refractivity contribution in [2.45, 2.75) is 19.3 Å². The molecule has 17 heavy (non-hydrogen) atoms. The van der Waals surface area contributed by atoms with Crippen LogP contribution in [0.3, 0.4) is 0 Å². The summed E-state index contributed by atoms with van der Waals surface area (Å²) >= 11 is 3.29. The van der Waals surface area contributed by atoms with Crippen LogP contribution in [0.25, 0.3) is 0 Å². The van der Waals surface area contributed by atoms with Crippen molar-refractivity contribution in [2.75, 3.05) is 5.32 Å². The Labute approximate surface area is 107 Å². The third-order valence-electron chi connectivity index (χ3n) is 3.15. The summed E-state index contributed by atoms with van der Waals surface area (Å²) in [4.78, 5) is 23.1. The van der Waals surface area contributed by atoms with Crippen molar-refractivity contribution in [3.8, 4) is 0 Å². The fraction of sp³-hybridized carbons (Fsp3) is 0.333. The molecule has 0 aliphatic heterocycles. The number of benzene rings is 1. The maximum Gasteiger partial charge on any atom is 0.319 e. The largest absolute Gasteiger partial charge is 0.480 e. The van der Waals surface area contributed by atoms with Gasteiger partial charge >= 0.3 is 5.97 Å². The highest BCUT2D eigenvalue weighted by atomic mass is 79.9. The molecule has 2 rings (SSSR count). The summed E-state index contributed by atoms with van der Waals surface area (Å²) in [5.74, 6) is -1.45. The lowest BCUT2D eigenvalue weighted by Gasteiger charge is -2.35. The smallest absolute Gasteiger partial charge is 0.319 e. The lowest BCUT2D eigenvalue weighted by Crippen LogP contribution is -2.48. The number of carboxylic acid groups (broad SMARTS) is 1. The van der Waals surface area contributed by atoms with Crippen LogP contribution in [-0.2, 0) is 9.59 Å². The molecule has 0 spiro atoms. The normalized spacial score (nSPS) is 17.0. The highest BCUT2D eigenvalue weighted by Gasteiger charge is 2.51. The van der Waals surface area contributed by atoms with E-state index in [1.807, 2.05) is 0 Å². The molecule has 1 aromatic rings. The topological polar surface area (TPSA) is 66.4 Å². The summed E-state index contributed by atoms with van der Waals surface area (Å²) in [6.07, 6.45) is 1.63. The fourth-order valence-electron chi connectivity index (χ4n) is 1.85.